The fourth-order valence-electron chi connectivity index (χ4n) is 1.98. The third-order valence-electron chi connectivity index (χ3n) is 3.12. The molecule has 2 aliphatic rings. The summed E-state index contributed by atoms with van der Waals surface area (Å²) in [6.07, 6.45) is 2.01. The van der Waals surface area contributed by atoms with Gasteiger partial charge in [-0.2, -0.15) is 0 Å². The van der Waals surface area contributed by atoms with E-state index < -0.39 is 5.60 Å². The smallest absolute Gasteiger partial charge is 0.168 e. The van der Waals surface area contributed by atoms with Crippen molar-refractivity contribution in [2.24, 2.45) is 0 Å². The summed E-state index contributed by atoms with van der Waals surface area (Å²) in [5, 5.41) is 19.7. The number of rotatable bonds is 2. The van der Waals surface area contributed by atoms with E-state index in [0.29, 0.717) is 36.7 Å². The van der Waals surface area contributed by atoms with Crippen molar-refractivity contribution in [3.63, 3.8) is 0 Å². The molecule has 0 saturated heterocycles. The average Bonchev–Trinajstić information content (AvgIpc) is 3.01. The summed E-state index contributed by atoms with van der Waals surface area (Å²) in [4.78, 5) is 0. The first-order valence-electron chi connectivity index (χ1n) is 5.51. The van der Waals surface area contributed by atoms with Crippen LogP contribution in [0.15, 0.2) is 12.1 Å². The second-order valence-corrected chi connectivity index (χ2v) is 4.49. The van der Waals surface area contributed by atoms with Crippen LogP contribution in [0.25, 0.3) is 0 Å². The van der Waals surface area contributed by atoms with Gasteiger partial charge in [0.1, 0.15) is 19.0 Å². The Morgan fingerprint density at radius 3 is 2.69 bits per heavy atom. The molecule has 1 aliphatic carbocycles. The number of phenolic OH excluding ortho intramolecular Hbond substituents is 1. The maximum atomic E-state index is 9.90. The number of ether oxygens (including phenoxy) is 2. The molecule has 4 nitrogen and oxygen atoms in total. The van der Waals surface area contributed by atoms with Gasteiger partial charge < -0.3 is 19.7 Å². The molecule has 1 heterocycles. The van der Waals surface area contributed by atoms with Gasteiger partial charge in [0.15, 0.2) is 11.5 Å². The fraction of sp³-hybridized carbons (Fsp3) is 0.500. The molecule has 1 aliphatic heterocycles. The van der Waals surface area contributed by atoms with E-state index in [4.69, 9.17) is 9.47 Å². The van der Waals surface area contributed by atoms with E-state index in [2.05, 4.69) is 0 Å². The van der Waals surface area contributed by atoms with Crippen molar-refractivity contribution >= 4 is 0 Å². The van der Waals surface area contributed by atoms with Crippen LogP contribution in [0.2, 0.25) is 0 Å². The van der Waals surface area contributed by atoms with Crippen molar-refractivity contribution < 1.29 is 19.7 Å². The molecule has 1 saturated carbocycles. The molecule has 1 aromatic rings. The zero-order valence-electron chi connectivity index (χ0n) is 8.90. The van der Waals surface area contributed by atoms with Crippen LogP contribution in [0.1, 0.15) is 18.4 Å². The lowest BCUT2D eigenvalue weighted by Crippen LogP contribution is -2.19. The van der Waals surface area contributed by atoms with E-state index in [1.807, 2.05) is 0 Å². The predicted octanol–water partition coefficient (Wildman–Crippen LogP) is 1.23. The van der Waals surface area contributed by atoms with Gasteiger partial charge in [-0.25, -0.2) is 0 Å². The van der Waals surface area contributed by atoms with E-state index in [1.165, 1.54) is 0 Å². The maximum absolute atomic E-state index is 9.90. The molecule has 1 fully saturated rings. The highest BCUT2D eigenvalue weighted by Gasteiger charge is 2.42. The fourth-order valence-corrected chi connectivity index (χ4v) is 1.98. The van der Waals surface area contributed by atoms with Gasteiger partial charge in [0.05, 0.1) is 5.60 Å². The highest BCUT2D eigenvalue weighted by atomic mass is 16.6. The highest BCUT2D eigenvalue weighted by molar-refractivity contribution is 5.54. The quantitative estimate of drug-likeness (QED) is 0.790. The van der Waals surface area contributed by atoms with Gasteiger partial charge >= 0.3 is 0 Å². The van der Waals surface area contributed by atoms with Gasteiger partial charge in [-0.05, 0) is 25.0 Å². The molecule has 3 rings (SSSR count). The first-order valence-corrected chi connectivity index (χ1v) is 5.51. The van der Waals surface area contributed by atoms with E-state index in [9.17, 15) is 10.2 Å². The third-order valence-corrected chi connectivity index (χ3v) is 3.12. The Labute approximate surface area is 93.4 Å². The molecular weight excluding hydrogens is 208 g/mol. The van der Waals surface area contributed by atoms with E-state index in [1.54, 1.807) is 12.1 Å². The molecule has 0 amide bonds. The minimum absolute atomic E-state index is 0.171. The Morgan fingerprint density at radius 1 is 1.19 bits per heavy atom. The zero-order valence-corrected chi connectivity index (χ0v) is 8.90. The van der Waals surface area contributed by atoms with Crippen LogP contribution in [0.3, 0.4) is 0 Å². The second kappa shape index (κ2) is 3.28. The van der Waals surface area contributed by atoms with Crippen LogP contribution >= 0.6 is 0 Å². The van der Waals surface area contributed by atoms with E-state index in [0.717, 1.165) is 12.8 Å². The van der Waals surface area contributed by atoms with Crippen LogP contribution < -0.4 is 9.47 Å². The summed E-state index contributed by atoms with van der Waals surface area (Å²) in [7, 11) is 0. The standard InChI is InChI=1S/C12H14O4/c13-9-1-2-10-11(16-6-5-15-10)8(9)7-12(14)3-4-12/h1-2,13-14H,3-7H2. The van der Waals surface area contributed by atoms with Crippen LogP contribution in [-0.2, 0) is 6.42 Å². The number of hydrogen-bond acceptors (Lipinski definition) is 4. The molecule has 0 unspecified atom stereocenters. The van der Waals surface area contributed by atoms with Crippen LogP contribution in [0.4, 0.5) is 0 Å². The number of benzene rings is 1. The summed E-state index contributed by atoms with van der Waals surface area (Å²) in [6, 6.07) is 3.29. The summed E-state index contributed by atoms with van der Waals surface area (Å²) >= 11 is 0. The Kier molecular flexibility index (Phi) is 2.01. The van der Waals surface area contributed by atoms with Gasteiger partial charge in [-0.3, -0.25) is 0 Å². The Hall–Kier alpha value is -1.42. The van der Waals surface area contributed by atoms with Crippen molar-refractivity contribution in [1.82, 2.24) is 0 Å². The Balaban J connectivity index is 2.00. The highest BCUT2D eigenvalue weighted by Crippen LogP contribution is 2.46. The molecular formula is C12H14O4. The number of aromatic hydroxyl groups is 1. The summed E-state index contributed by atoms with van der Waals surface area (Å²) < 4.78 is 10.9. The monoisotopic (exact) mass is 222 g/mol. The molecule has 0 radical (unpaired) electrons. The zero-order chi connectivity index (χ0) is 11.2. The van der Waals surface area contributed by atoms with Crippen molar-refractivity contribution in [2.75, 3.05) is 13.2 Å². The number of fused-ring (bicyclic) bond motifs is 1. The maximum Gasteiger partial charge on any atom is 0.168 e. The number of hydrogen-bond donors (Lipinski definition) is 2. The minimum atomic E-state index is -0.645. The number of phenols is 1. The first-order chi connectivity index (χ1) is 7.68. The molecule has 4 heteroatoms. The second-order valence-electron chi connectivity index (χ2n) is 4.49. The van der Waals surface area contributed by atoms with Crippen molar-refractivity contribution in [3.05, 3.63) is 17.7 Å². The largest absolute Gasteiger partial charge is 0.508 e. The lowest BCUT2D eigenvalue weighted by Gasteiger charge is -2.22. The molecule has 0 aromatic heterocycles. The van der Waals surface area contributed by atoms with Crippen molar-refractivity contribution in [1.29, 1.82) is 0 Å². The summed E-state index contributed by atoms with van der Waals surface area (Å²) in [5.74, 6) is 1.42. The minimum Gasteiger partial charge on any atom is -0.508 e. The molecule has 0 spiro atoms. The van der Waals surface area contributed by atoms with Gasteiger partial charge in [0.2, 0.25) is 0 Å². The Bertz CT molecular complexity index is 423. The van der Waals surface area contributed by atoms with Crippen LogP contribution in [-0.4, -0.2) is 29.0 Å². The molecule has 0 bridgehead atoms. The SMILES string of the molecule is Oc1ccc2c(c1CC1(O)CC1)OCCO2. The van der Waals surface area contributed by atoms with Crippen molar-refractivity contribution in [2.45, 2.75) is 24.9 Å². The molecule has 1 aromatic carbocycles. The lowest BCUT2D eigenvalue weighted by molar-refractivity contribution is 0.141. The van der Waals surface area contributed by atoms with E-state index in [-0.39, 0.29) is 5.75 Å². The van der Waals surface area contributed by atoms with Gasteiger partial charge in [0, 0.05) is 12.0 Å². The van der Waals surface area contributed by atoms with Gasteiger partial charge in [-0.1, -0.05) is 0 Å². The van der Waals surface area contributed by atoms with E-state index >= 15 is 0 Å². The molecule has 0 atom stereocenters. The topological polar surface area (TPSA) is 58.9 Å². The van der Waals surface area contributed by atoms with Gasteiger partial charge in [-0.15, -0.1) is 0 Å². The van der Waals surface area contributed by atoms with Crippen LogP contribution in [0, 0.1) is 0 Å². The Morgan fingerprint density at radius 2 is 1.94 bits per heavy atom. The molecule has 16 heavy (non-hydrogen) atoms. The average molecular weight is 222 g/mol. The molecule has 86 valence electrons. The van der Waals surface area contributed by atoms with Crippen LogP contribution in [0.5, 0.6) is 17.2 Å². The van der Waals surface area contributed by atoms with Gasteiger partial charge in [0.25, 0.3) is 0 Å². The third kappa shape index (κ3) is 1.59. The predicted molar refractivity (Wildman–Crippen MR) is 57.0 cm³/mol. The summed E-state index contributed by atoms with van der Waals surface area (Å²) in [6.45, 7) is 1.02. The van der Waals surface area contributed by atoms with Crippen molar-refractivity contribution in [3.8, 4) is 17.2 Å². The lowest BCUT2D eigenvalue weighted by atomic mass is 10.0. The summed E-state index contributed by atoms with van der Waals surface area (Å²) in [5.41, 5.74) is 0.0186. The molecule has 2 N–H and O–H groups in total. The normalized spacial score (nSPS) is 20.6. The first kappa shape index (κ1) is 9.78. The number of aliphatic hydroxyl groups is 1.